The Morgan fingerprint density at radius 3 is 2.71 bits per heavy atom. The molecule has 2 N–H and O–H groups in total. The fourth-order valence-electron chi connectivity index (χ4n) is 3.33. The fraction of sp³-hybridized carbons (Fsp3) is 0.350. The SMILES string of the molecule is C=C(NCc1ccc(F)cc1)c1nc2n(c(=O)c1O)CCN(CC#N)C2(C)C. The molecule has 146 valence electrons. The first-order chi connectivity index (χ1) is 13.3. The van der Waals surface area contributed by atoms with Gasteiger partial charge < -0.3 is 10.4 Å². The summed E-state index contributed by atoms with van der Waals surface area (Å²) in [6.07, 6.45) is 0. The molecule has 0 spiro atoms. The van der Waals surface area contributed by atoms with Gasteiger partial charge in [-0.25, -0.2) is 9.37 Å². The maximum Gasteiger partial charge on any atom is 0.296 e. The monoisotopic (exact) mass is 383 g/mol. The highest BCUT2D eigenvalue weighted by Crippen LogP contribution is 2.31. The summed E-state index contributed by atoms with van der Waals surface area (Å²) >= 11 is 0. The van der Waals surface area contributed by atoms with E-state index in [9.17, 15) is 14.3 Å². The van der Waals surface area contributed by atoms with Crippen LogP contribution in [0.4, 0.5) is 4.39 Å². The highest BCUT2D eigenvalue weighted by atomic mass is 19.1. The molecule has 8 heteroatoms. The lowest BCUT2D eigenvalue weighted by Crippen LogP contribution is -2.52. The fourth-order valence-corrected chi connectivity index (χ4v) is 3.33. The quantitative estimate of drug-likeness (QED) is 0.766. The molecule has 1 aromatic carbocycles. The number of nitrogens with one attached hydrogen (secondary N) is 1. The standard InChI is InChI=1S/C20H22FN5O2/c1-13(23-12-14-4-6-15(21)7-5-14)16-17(27)18(28)26-11-10-25(9-8-22)20(2,3)19(26)24-16/h4-7,23,27H,1,9-12H2,2-3H3. The molecular formula is C20H22FN5O2. The minimum atomic E-state index is -0.660. The minimum absolute atomic E-state index is 0.0743. The van der Waals surface area contributed by atoms with Crippen molar-refractivity contribution in [2.45, 2.75) is 32.5 Å². The first-order valence-corrected chi connectivity index (χ1v) is 8.89. The van der Waals surface area contributed by atoms with Gasteiger partial charge in [-0.2, -0.15) is 5.26 Å². The van der Waals surface area contributed by atoms with Crippen LogP contribution in [0.3, 0.4) is 0 Å². The summed E-state index contributed by atoms with van der Waals surface area (Å²) in [4.78, 5) is 19.1. The van der Waals surface area contributed by atoms with Crippen LogP contribution in [0.15, 0.2) is 35.6 Å². The second kappa shape index (κ2) is 7.44. The average Bonchev–Trinajstić information content (AvgIpc) is 2.66. The summed E-state index contributed by atoms with van der Waals surface area (Å²) in [6, 6.07) is 8.11. The number of aromatic hydroxyl groups is 1. The van der Waals surface area contributed by atoms with Gasteiger partial charge in [0, 0.05) is 19.6 Å². The smallest absolute Gasteiger partial charge is 0.296 e. The number of hydrogen-bond donors (Lipinski definition) is 2. The Bertz CT molecular complexity index is 1000. The Labute approximate surface area is 162 Å². The lowest BCUT2D eigenvalue weighted by molar-refractivity contribution is 0.0889. The van der Waals surface area contributed by atoms with Crippen LogP contribution in [0, 0.1) is 17.1 Å². The van der Waals surface area contributed by atoms with E-state index in [1.165, 1.54) is 16.7 Å². The van der Waals surface area contributed by atoms with Crippen molar-refractivity contribution >= 4 is 5.70 Å². The van der Waals surface area contributed by atoms with Crippen molar-refractivity contribution in [2.75, 3.05) is 13.1 Å². The lowest BCUT2D eigenvalue weighted by atomic mass is 9.98. The number of nitrogens with zero attached hydrogens (tertiary/aromatic N) is 4. The van der Waals surface area contributed by atoms with Crippen LogP contribution in [0.1, 0.15) is 30.9 Å². The minimum Gasteiger partial charge on any atom is -0.501 e. The van der Waals surface area contributed by atoms with E-state index in [-0.39, 0.29) is 23.8 Å². The largest absolute Gasteiger partial charge is 0.501 e. The molecular weight excluding hydrogens is 361 g/mol. The van der Waals surface area contributed by atoms with Gasteiger partial charge in [0.2, 0.25) is 5.75 Å². The molecule has 1 aliphatic heterocycles. The maximum absolute atomic E-state index is 13.0. The Hall–Kier alpha value is -3.18. The number of halogens is 1. The molecule has 1 aliphatic rings. The Kier molecular flexibility index (Phi) is 5.21. The number of nitriles is 1. The van der Waals surface area contributed by atoms with Gasteiger partial charge in [-0.15, -0.1) is 0 Å². The first kappa shape index (κ1) is 19.6. The summed E-state index contributed by atoms with van der Waals surface area (Å²) in [6.45, 7) is 9.06. The zero-order valence-corrected chi connectivity index (χ0v) is 15.9. The Balaban J connectivity index is 1.92. The molecule has 0 saturated heterocycles. The summed E-state index contributed by atoms with van der Waals surface area (Å²) in [5, 5.41) is 22.5. The van der Waals surface area contributed by atoms with Crippen molar-refractivity contribution in [3.8, 4) is 11.8 Å². The van der Waals surface area contributed by atoms with Crippen LogP contribution in [0.25, 0.3) is 5.70 Å². The van der Waals surface area contributed by atoms with Gasteiger partial charge in [0.1, 0.15) is 17.3 Å². The van der Waals surface area contributed by atoms with Crippen LogP contribution < -0.4 is 10.9 Å². The van der Waals surface area contributed by atoms with E-state index in [1.807, 2.05) is 18.7 Å². The topological polar surface area (TPSA) is 94.2 Å². The van der Waals surface area contributed by atoms with E-state index in [2.05, 4.69) is 22.9 Å². The van der Waals surface area contributed by atoms with Gasteiger partial charge in [0.15, 0.2) is 0 Å². The molecule has 0 bridgehead atoms. The predicted octanol–water partition coefficient (Wildman–Crippen LogP) is 1.92. The maximum atomic E-state index is 13.0. The number of fused-ring (bicyclic) bond motifs is 1. The summed E-state index contributed by atoms with van der Waals surface area (Å²) in [7, 11) is 0. The van der Waals surface area contributed by atoms with Gasteiger partial charge in [0.25, 0.3) is 5.56 Å². The van der Waals surface area contributed by atoms with Gasteiger partial charge in [-0.05, 0) is 31.5 Å². The molecule has 0 atom stereocenters. The number of aromatic nitrogens is 2. The van der Waals surface area contributed by atoms with Crippen LogP contribution in [-0.4, -0.2) is 32.6 Å². The number of benzene rings is 1. The average molecular weight is 383 g/mol. The molecule has 7 nitrogen and oxygen atoms in total. The second-order valence-electron chi connectivity index (χ2n) is 7.19. The third-order valence-electron chi connectivity index (χ3n) is 5.04. The molecule has 0 saturated carbocycles. The van der Waals surface area contributed by atoms with Crippen molar-refractivity contribution in [3.05, 3.63) is 64.1 Å². The van der Waals surface area contributed by atoms with Crippen LogP contribution >= 0.6 is 0 Å². The number of rotatable bonds is 5. The summed E-state index contributed by atoms with van der Waals surface area (Å²) < 4.78 is 14.5. The van der Waals surface area contributed by atoms with Crippen LogP contribution in [0.2, 0.25) is 0 Å². The second-order valence-corrected chi connectivity index (χ2v) is 7.19. The van der Waals surface area contributed by atoms with E-state index in [0.29, 0.717) is 25.5 Å². The first-order valence-electron chi connectivity index (χ1n) is 8.89. The molecule has 0 unspecified atom stereocenters. The van der Waals surface area contributed by atoms with Crippen molar-refractivity contribution in [3.63, 3.8) is 0 Å². The highest BCUT2D eigenvalue weighted by Gasteiger charge is 2.38. The van der Waals surface area contributed by atoms with Crippen molar-refractivity contribution < 1.29 is 9.50 Å². The molecule has 0 radical (unpaired) electrons. The zero-order chi connectivity index (χ0) is 20.5. The summed E-state index contributed by atoms with van der Waals surface area (Å²) in [5.74, 6) is -0.324. The van der Waals surface area contributed by atoms with Crippen molar-refractivity contribution in [1.29, 1.82) is 5.26 Å². The van der Waals surface area contributed by atoms with Crippen molar-refractivity contribution in [1.82, 2.24) is 19.8 Å². The van der Waals surface area contributed by atoms with Gasteiger partial charge >= 0.3 is 0 Å². The van der Waals surface area contributed by atoms with Gasteiger partial charge in [0.05, 0.1) is 23.8 Å². The third kappa shape index (κ3) is 3.49. The van der Waals surface area contributed by atoms with Crippen molar-refractivity contribution in [2.24, 2.45) is 0 Å². The van der Waals surface area contributed by atoms with Gasteiger partial charge in [-0.1, -0.05) is 18.7 Å². The molecule has 1 aromatic heterocycles. The summed E-state index contributed by atoms with van der Waals surface area (Å²) in [5.41, 5.74) is -0.0141. The zero-order valence-electron chi connectivity index (χ0n) is 15.9. The van der Waals surface area contributed by atoms with Gasteiger partial charge in [-0.3, -0.25) is 14.3 Å². The molecule has 2 aromatic rings. The van der Waals surface area contributed by atoms with Crippen LogP contribution in [-0.2, 0) is 18.6 Å². The predicted molar refractivity (Wildman–Crippen MR) is 103 cm³/mol. The molecule has 0 aliphatic carbocycles. The van der Waals surface area contributed by atoms with Crippen LogP contribution in [0.5, 0.6) is 5.75 Å². The van der Waals surface area contributed by atoms with E-state index in [1.54, 1.807) is 12.1 Å². The number of hydrogen-bond acceptors (Lipinski definition) is 6. The molecule has 0 amide bonds. The molecule has 28 heavy (non-hydrogen) atoms. The normalized spacial score (nSPS) is 15.5. The molecule has 0 fully saturated rings. The van der Waals surface area contributed by atoms with E-state index in [0.717, 1.165) is 5.56 Å². The Morgan fingerprint density at radius 2 is 2.07 bits per heavy atom. The van der Waals surface area contributed by atoms with E-state index < -0.39 is 16.8 Å². The van der Waals surface area contributed by atoms with E-state index in [4.69, 9.17) is 5.26 Å². The lowest BCUT2D eigenvalue weighted by Gasteiger charge is -2.41. The third-order valence-corrected chi connectivity index (χ3v) is 5.04. The molecule has 3 rings (SSSR count). The van der Waals surface area contributed by atoms with E-state index >= 15 is 0 Å². The highest BCUT2D eigenvalue weighted by molar-refractivity contribution is 5.63. The Morgan fingerprint density at radius 1 is 1.39 bits per heavy atom. The molecule has 2 heterocycles.